The van der Waals surface area contributed by atoms with Gasteiger partial charge in [-0.1, -0.05) is 29.8 Å². The average Bonchev–Trinajstić information content (AvgIpc) is 2.69. The van der Waals surface area contributed by atoms with E-state index in [1.165, 1.54) is 0 Å². The summed E-state index contributed by atoms with van der Waals surface area (Å²) in [6, 6.07) is 13.7. The van der Waals surface area contributed by atoms with Gasteiger partial charge in [-0.2, -0.15) is 0 Å². The quantitative estimate of drug-likeness (QED) is 0.296. The summed E-state index contributed by atoms with van der Waals surface area (Å²) in [5, 5.41) is 8.63. The second-order valence-electron chi connectivity index (χ2n) is 5.64. The molecule has 0 unspecified atom stereocenters. The van der Waals surface area contributed by atoms with Crippen LogP contribution in [0.5, 0.6) is 0 Å². The third-order valence-electron chi connectivity index (χ3n) is 3.51. The molecule has 0 bridgehead atoms. The Kier molecular flexibility index (Phi) is 8.44. The standard InChI is InChI=1S/C20H22O7/c1-15-2-6-17(7-3-15)20(23)25-12-13-26-27-14-16-4-8-18(9-5-16)19(22)24-11-10-21/h2-9,21H,10-14H2,1H3. The van der Waals surface area contributed by atoms with E-state index in [1.54, 1.807) is 36.4 Å². The number of ether oxygens (including phenoxy) is 2. The molecule has 0 heterocycles. The van der Waals surface area contributed by atoms with Gasteiger partial charge in [0.1, 0.15) is 26.4 Å². The van der Waals surface area contributed by atoms with Gasteiger partial charge in [-0.05, 0) is 36.8 Å². The molecule has 0 atom stereocenters. The first-order valence-electron chi connectivity index (χ1n) is 8.45. The molecule has 0 aliphatic heterocycles. The Morgan fingerprint density at radius 3 is 1.93 bits per heavy atom. The van der Waals surface area contributed by atoms with Crippen molar-refractivity contribution in [3.8, 4) is 0 Å². The van der Waals surface area contributed by atoms with Crippen LogP contribution in [-0.4, -0.2) is 43.5 Å². The number of carbonyl (C=O) groups is 2. The van der Waals surface area contributed by atoms with Gasteiger partial charge in [0.05, 0.1) is 17.7 Å². The minimum absolute atomic E-state index is 0.0357. The summed E-state index contributed by atoms with van der Waals surface area (Å²) in [4.78, 5) is 33.4. The van der Waals surface area contributed by atoms with Crippen molar-refractivity contribution in [2.75, 3.05) is 26.4 Å². The Hall–Kier alpha value is -2.74. The third kappa shape index (κ3) is 7.18. The highest BCUT2D eigenvalue weighted by atomic mass is 17.2. The Balaban J connectivity index is 1.62. The van der Waals surface area contributed by atoms with Crippen LogP contribution >= 0.6 is 0 Å². The Morgan fingerprint density at radius 2 is 1.33 bits per heavy atom. The molecular weight excluding hydrogens is 352 g/mol. The molecule has 7 nitrogen and oxygen atoms in total. The van der Waals surface area contributed by atoms with Crippen LogP contribution in [0.2, 0.25) is 0 Å². The lowest BCUT2D eigenvalue weighted by molar-refractivity contribution is -0.306. The zero-order chi connectivity index (χ0) is 19.5. The number of aliphatic hydroxyl groups is 1. The van der Waals surface area contributed by atoms with Crippen molar-refractivity contribution in [3.63, 3.8) is 0 Å². The summed E-state index contributed by atoms with van der Waals surface area (Å²) in [6.45, 7) is 2.04. The lowest BCUT2D eigenvalue weighted by Gasteiger charge is -2.07. The molecule has 27 heavy (non-hydrogen) atoms. The van der Waals surface area contributed by atoms with E-state index >= 15 is 0 Å². The molecule has 0 aromatic heterocycles. The van der Waals surface area contributed by atoms with Gasteiger partial charge in [0.15, 0.2) is 0 Å². The van der Waals surface area contributed by atoms with E-state index in [9.17, 15) is 9.59 Å². The highest BCUT2D eigenvalue weighted by Crippen LogP contribution is 2.08. The summed E-state index contributed by atoms with van der Waals surface area (Å²) < 4.78 is 9.89. The molecule has 144 valence electrons. The molecule has 7 heteroatoms. The van der Waals surface area contributed by atoms with E-state index < -0.39 is 11.9 Å². The highest BCUT2D eigenvalue weighted by molar-refractivity contribution is 5.89. The number of hydrogen-bond acceptors (Lipinski definition) is 7. The number of aryl methyl sites for hydroxylation is 1. The van der Waals surface area contributed by atoms with Gasteiger partial charge in [-0.3, -0.25) is 0 Å². The van der Waals surface area contributed by atoms with Gasteiger partial charge in [0.25, 0.3) is 0 Å². The molecular formula is C20H22O7. The fourth-order valence-corrected chi connectivity index (χ4v) is 2.07. The minimum atomic E-state index is -0.497. The maximum atomic E-state index is 11.8. The second-order valence-corrected chi connectivity index (χ2v) is 5.64. The molecule has 0 amide bonds. The largest absolute Gasteiger partial charge is 0.460 e. The van der Waals surface area contributed by atoms with Crippen molar-refractivity contribution in [3.05, 3.63) is 70.8 Å². The average molecular weight is 374 g/mol. The van der Waals surface area contributed by atoms with Crippen LogP contribution in [0.4, 0.5) is 0 Å². The maximum Gasteiger partial charge on any atom is 0.338 e. The monoisotopic (exact) mass is 374 g/mol. The topological polar surface area (TPSA) is 91.3 Å². The zero-order valence-corrected chi connectivity index (χ0v) is 15.1. The first-order valence-corrected chi connectivity index (χ1v) is 8.45. The van der Waals surface area contributed by atoms with Crippen LogP contribution in [-0.2, 0) is 25.9 Å². The number of aliphatic hydroxyl groups excluding tert-OH is 1. The summed E-state index contributed by atoms with van der Waals surface area (Å²) >= 11 is 0. The summed E-state index contributed by atoms with van der Waals surface area (Å²) in [5.41, 5.74) is 2.74. The number of esters is 2. The van der Waals surface area contributed by atoms with E-state index in [0.29, 0.717) is 11.1 Å². The van der Waals surface area contributed by atoms with Crippen molar-refractivity contribution in [2.45, 2.75) is 13.5 Å². The van der Waals surface area contributed by atoms with Crippen LogP contribution in [0.15, 0.2) is 48.5 Å². The molecule has 0 saturated carbocycles. The van der Waals surface area contributed by atoms with Crippen molar-refractivity contribution in [1.29, 1.82) is 0 Å². The van der Waals surface area contributed by atoms with E-state index in [2.05, 4.69) is 0 Å². The lowest BCUT2D eigenvalue weighted by Crippen LogP contribution is -2.11. The molecule has 0 radical (unpaired) electrons. The van der Waals surface area contributed by atoms with Crippen LogP contribution in [0, 0.1) is 6.92 Å². The van der Waals surface area contributed by atoms with Crippen LogP contribution < -0.4 is 0 Å². The van der Waals surface area contributed by atoms with Gasteiger partial charge in [-0.25, -0.2) is 19.4 Å². The third-order valence-corrected chi connectivity index (χ3v) is 3.51. The van der Waals surface area contributed by atoms with Gasteiger partial charge < -0.3 is 14.6 Å². The Bertz CT molecular complexity index is 723. The molecule has 0 aliphatic rings. The van der Waals surface area contributed by atoms with E-state index in [0.717, 1.165) is 11.1 Å². The fraction of sp³-hybridized carbons (Fsp3) is 0.300. The molecule has 0 saturated heterocycles. The highest BCUT2D eigenvalue weighted by Gasteiger charge is 2.07. The molecule has 2 aromatic rings. The fourth-order valence-electron chi connectivity index (χ4n) is 2.07. The molecule has 0 aliphatic carbocycles. The SMILES string of the molecule is Cc1ccc(C(=O)OCCOOCc2ccc(C(=O)OCCO)cc2)cc1. The van der Waals surface area contributed by atoms with E-state index in [4.69, 9.17) is 24.4 Å². The maximum absolute atomic E-state index is 11.8. The predicted molar refractivity (Wildman–Crippen MR) is 96.0 cm³/mol. The van der Waals surface area contributed by atoms with E-state index in [1.807, 2.05) is 19.1 Å². The first kappa shape index (κ1) is 20.6. The van der Waals surface area contributed by atoms with Crippen LogP contribution in [0.25, 0.3) is 0 Å². The predicted octanol–water partition coefficient (Wildman–Crippen LogP) is 2.45. The molecule has 1 N–H and O–H groups in total. The van der Waals surface area contributed by atoms with Gasteiger partial charge >= 0.3 is 11.9 Å². The number of rotatable bonds is 10. The van der Waals surface area contributed by atoms with Crippen LogP contribution in [0.1, 0.15) is 31.8 Å². The van der Waals surface area contributed by atoms with Crippen molar-refractivity contribution in [1.82, 2.24) is 0 Å². The van der Waals surface area contributed by atoms with Gasteiger partial charge in [0.2, 0.25) is 0 Å². The zero-order valence-electron chi connectivity index (χ0n) is 15.1. The number of hydrogen-bond donors (Lipinski definition) is 1. The summed E-state index contributed by atoms with van der Waals surface area (Å²) in [5.74, 6) is -0.912. The van der Waals surface area contributed by atoms with Crippen molar-refractivity contribution in [2.24, 2.45) is 0 Å². The Morgan fingerprint density at radius 1 is 0.778 bits per heavy atom. The normalized spacial score (nSPS) is 10.4. The molecule has 0 spiro atoms. The number of carbonyl (C=O) groups excluding carboxylic acids is 2. The van der Waals surface area contributed by atoms with Gasteiger partial charge in [0, 0.05) is 0 Å². The van der Waals surface area contributed by atoms with Crippen LogP contribution in [0.3, 0.4) is 0 Å². The van der Waals surface area contributed by atoms with Gasteiger partial charge in [-0.15, -0.1) is 0 Å². The summed E-state index contributed by atoms with van der Waals surface area (Å²) in [6.07, 6.45) is 0. The number of benzene rings is 2. The second kappa shape index (κ2) is 11.1. The Labute approximate surface area is 157 Å². The first-order chi connectivity index (χ1) is 13.1. The minimum Gasteiger partial charge on any atom is -0.460 e. The molecule has 2 aromatic carbocycles. The van der Waals surface area contributed by atoms with Crippen molar-refractivity contribution < 1.29 is 33.9 Å². The lowest BCUT2D eigenvalue weighted by atomic mass is 10.1. The smallest absolute Gasteiger partial charge is 0.338 e. The van der Waals surface area contributed by atoms with Crippen molar-refractivity contribution >= 4 is 11.9 Å². The summed E-state index contributed by atoms with van der Waals surface area (Å²) in [7, 11) is 0. The van der Waals surface area contributed by atoms with E-state index in [-0.39, 0.29) is 33.0 Å². The molecule has 0 fully saturated rings. The molecule has 2 rings (SSSR count).